The molecule has 0 aliphatic carbocycles. The maximum atomic E-state index is 10.8. The third-order valence-corrected chi connectivity index (χ3v) is 7.66. The van der Waals surface area contributed by atoms with E-state index in [0.717, 1.165) is 81.6 Å². The van der Waals surface area contributed by atoms with Crippen LogP contribution in [0.5, 0.6) is 11.5 Å². The average Bonchev–Trinajstić information content (AvgIpc) is 3.09. The molecule has 241 valence electrons. The summed E-state index contributed by atoms with van der Waals surface area (Å²) in [6, 6.07) is 47.9. The zero-order chi connectivity index (χ0) is 33.4. The zero-order valence-corrected chi connectivity index (χ0v) is 30.5. The van der Waals surface area contributed by atoms with Crippen molar-refractivity contribution in [2.45, 2.75) is 26.7 Å². The van der Waals surface area contributed by atoms with Crippen LogP contribution in [0.25, 0.3) is 22.3 Å². The molecule has 0 unspecified atom stereocenters. The molecular weight excluding hydrogens is 666 g/mol. The molecule has 0 saturated heterocycles. The van der Waals surface area contributed by atoms with Gasteiger partial charge in [-0.15, -0.1) is 24.3 Å². The van der Waals surface area contributed by atoms with Crippen LogP contribution in [0.15, 0.2) is 146 Å². The van der Waals surface area contributed by atoms with Gasteiger partial charge in [0.05, 0.1) is 0 Å². The van der Waals surface area contributed by atoms with Crippen LogP contribution in [-0.4, -0.2) is 23.3 Å². The molecule has 1 radical (unpaired) electrons. The number of hydrogen-bond acceptors (Lipinski definition) is 3. The van der Waals surface area contributed by atoms with E-state index in [-0.39, 0.29) is 26.2 Å². The smallest absolute Gasteiger partial charge is 0.507 e. The van der Waals surface area contributed by atoms with Gasteiger partial charge >= 0.3 is 26.2 Å². The average molecular weight is 711 g/mol. The summed E-state index contributed by atoms with van der Waals surface area (Å²) in [7, 11) is 0. The maximum absolute atomic E-state index is 10.8. The van der Waals surface area contributed by atoms with E-state index in [0.29, 0.717) is 11.5 Å². The molecule has 0 spiro atoms. The van der Waals surface area contributed by atoms with E-state index in [2.05, 4.69) is 45.1 Å². The van der Waals surface area contributed by atoms with Crippen molar-refractivity contribution in [3.8, 4) is 33.8 Å². The molecule has 3 N–H and O–H groups in total. The number of aromatic hydroxyl groups is 2. The normalized spacial score (nSPS) is 10.0. The Morgan fingerprint density at radius 1 is 0.479 bits per heavy atom. The van der Waals surface area contributed by atoms with Gasteiger partial charge in [-0.25, -0.2) is 0 Å². The molecule has 0 amide bonds. The predicted octanol–water partition coefficient (Wildman–Crippen LogP) is 10.2. The first kappa shape index (κ1) is 38.0. The Balaban J connectivity index is 0.000000343. The van der Waals surface area contributed by atoms with Crippen LogP contribution >= 0.6 is 0 Å². The molecule has 4 heteroatoms. The van der Waals surface area contributed by atoms with Crippen LogP contribution in [0.2, 0.25) is 0 Å². The number of rotatable bonds is 8. The van der Waals surface area contributed by atoms with Gasteiger partial charge in [-0.05, 0) is 85.3 Å². The summed E-state index contributed by atoms with van der Waals surface area (Å²) < 4.78 is 0. The summed E-state index contributed by atoms with van der Waals surface area (Å²) in [5, 5.41) is 25.2. The third kappa shape index (κ3) is 11.9. The summed E-state index contributed by atoms with van der Waals surface area (Å²) in [4.78, 5) is 0. The van der Waals surface area contributed by atoms with Crippen LogP contribution in [0, 0.1) is 27.7 Å². The molecule has 0 aromatic heterocycles. The second-order valence-corrected chi connectivity index (χ2v) is 11.6. The summed E-state index contributed by atoms with van der Waals surface area (Å²) >= 11 is 0. The van der Waals surface area contributed by atoms with Gasteiger partial charge in [0.2, 0.25) is 0 Å². The van der Waals surface area contributed by atoms with Crippen molar-refractivity contribution in [1.82, 2.24) is 5.32 Å². The van der Waals surface area contributed by atoms with E-state index >= 15 is 0 Å². The molecular formula is C44H45NO2Zr+. The Labute approximate surface area is 306 Å². The monoisotopic (exact) mass is 709 g/mol. The van der Waals surface area contributed by atoms with E-state index in [1.54, 1.807) is 0 Å². The van der Waals surface area contributed by atoms with E-state index in [9.17, 15) is 10.2 Å². The molecule has 0 bridgehead atoms. The van der Waals surface area contributed by atoms with Crippen molar-refractivity contribution in [3.05, 3.63) is 193 Å². The topological polar surface area (TPSA) is 52.5 Å². The summed E-state index contributed by atoms with van der Waals surface area (Å²) in [6.45, 7) is 13.1. The number of hydrogen-bond donors (Lipinski definition) is 3. The van der Waals surface area contributed by atoms with Crippen LogP contribution in [0.4, 0.5) is 0 Å². The molecule has 0 heterocycles. The zero-order valence-electron chi connectivity index (χ0n) is 28.0. The van der Waals surface area contributed by atoms with E-state index < -0.39 is 0 Å². The molecule has 48 heavy (non-hydrogen) atoms. The molecule has 0 aliphatic heterocycles. The van der Waals surface area contributed by atoms with Gasteiger partial charge in [0.15, 0.2) is 0 Å². The van der Waals surface area contributed by atoms with Crippen LogP contribution < -0.4 is 5.32 Å². The SMILES string of the molecule is Cc1cc(CCNCCc2cc(C)cc(-c3ccccc3)c2O)c(O)c(-c2ccccc2)c1.[CH2-]c1ccccc1.[CH2-]c1ccccc1.[Zr+3]. The first-order valence-corrected chi connectivity index (χ1v) is 16.0. The number of phenolic OH excluding ortho intramolecular Hbond substituents is 2. The molecule has 3 nitrogen and oxygen atoms in total. The Kier molecular flexibility index (Phi) is 15.8. The minimum Gasteiger partial charge on any atom is -0.507 e. The standard InChI is InChI=1S/C30H31NO2.2C7H7.Zr/c1-21-17-25(29(32)27(19-21)23-9-5-3-6-10-23)13-15-31-16-14-26-18-22(2)20-28(30(26)33)24-11-7-4-8-12-24;2*1-7-5-3-2-4-6-7;/h3-12,17-20,31-33H,13-16H2,1-2H3;2*2-6H,1H2;/q;2*-1;+3. The van der Waals surface area contributed by atoms with E-state index in [1.807, 2.05) is 133 Å². The number of nitrogens with one attached hydrogen (secondary N) is 1. The summed E-state index contributed by atoms with van der Waals surface area (Å²) in [6.07, 6.45) is 1.48. The number of aryl methyl sites for hydroxylation is 2. The first-order chi connectivity index (χ1) is 22.8. The van der Waals surface area contributed by atoms with Crippen LogP contribution in [-0.2, 0) is 39.0 Å². The first-order valence-electron chi connectivity index (χ1n) is 16.0. The van der Waals surface area contributed by atoms with Crippen molar-refractivity contribution >= 4 is 0 Å². The van der Waals surface area contributed by atoms with Crippen molar-refractivity contribution in [2.75, 3.05) is 13.1 Å². The predicted molar refractivity (Wildman–Crippen MR) is 199 cm³/mol. The van der Waals surface area contributed by atoms with Crippen LogP contribution in [0.1, 0.15) is 33.4 Å². The van der Waals surface area contributed by atoms with Crippen LogP contribution in [0.3, 0.4) is 0 Å². The van der Waals surface area contributed by atoms with Gasteiger partial charge in [0.25, 0.3) is 0 Å². The molecule has 6 rings (SSSR count). The number of benzene rings is 6. The Morgan fingerprint density at radius 2 is 0.792 bits per heavy atom. The number of phenols is 2. The quantitative estimate of drug-likeness (QED) is 0.109. The maximum Gasteiger partial charge on any atom is 3.00 e. The Morgan fingerprint density at radius 3 is 1.08 bits per heavy atom. The second kappa shape index (κ2) is 20.0. The summed E-state index contributed by atoms with van der Waals surface area (Å²) in [5.41, 5.74) is 10.1. The summed E-state index contributed by atoms with van der Waals surface area (Å²) in [5.74, 6) is 0.717. The van der Waals surface area contributed by atoms with Gasteiger partial charge in [0, 0.05) is 11.1 Å². The van der Waals surface area contributed by atoms with Crippen molar-refractivity contribution < 1.29 is 36.4 Å². The van der Waals surface area contributed by atoms with Crippen molar-refractivity contribution in [2.24, 2.45) is 0 Å². The van der Waals surface area contributed by atoms with Gasteiger partial charge in [-0.1, -0.05) is 84.9 Å². The van der Waals surface area contributed by atoms with Gasteiger partial charge in [0.1, 0.15) is 11.5 Å². The van der Waals surface area contributed by atoms with E-state index in [1.165, 1.54) is 0 Å². The minimum absolute atomic E-state index is 0. The van der Waals surface area contributed by atoms with Crippen molar-refractivity contribution in [1.29, 1.82) is 0 Å². The molecule has 0 fully saturated rings. The largest absolute Gasteiger partial charge is 3.00 e. The molecule has 0 aliphatic rings. The Hall–Kier alpha value is -4.50. The minimum atomic E-state index is 0. The molecule has 6 aromatic carbocycles. The molecule has 0 atom stereocenters. The van der Waals surface area contributed by atoms with Gasteiger partial charge in [-0.2, -0.15) is 49.2 Å². The van der Waals surface area contributed by atoms with Gasteiger partial charge in [-0.3, -0.25) is 0 Å². The third-order valence-electron chi connectivity index (χ3n) is 7.66. The fraction of sp³-hybridized carbons (Fsp3) is 0.136. The fourth-order valence-electron chi connectivity index (χ4n) is 5.29. The van der Waals surface area contributed by atoms with Gasteiger partial charge < -0.3 is 15.5 Å². The van der Waals surface area contributed by atoms with E-state index in [4.69, 9.17) is 0 Å². The molecule has 6 aromatic rings. The fourth-order valence-corrected chi connectivity index (χ4v) is 5.29. The van der Waals surface area contributed by atoms with Crippen molar-refractivity contribution in [3.63, 3.8) is 0 Å². The Bertz CT molecular complexity index is 1660. The second-order valence-electron chi connectivity index (χ2n) is 11.6. The molecule has 0 saturated carbocycles.